The minimum atomic E-state index is -0.597. The van der Waals surface area contributed by atoms with Crippen molar-refractivity contribution in [3.05, 3.63) is 29.0 Å². The summed E-state index contributed by atoms with van der Waals surface area (Å²) in [5.41, 5.74) is 0. The summed E-state index contributed by atoms with van der Waals surface area (Å²) < 4.78 is 18.2. The lowest BCUT2D eigenvalue weighted by molar-refractivity contribution is -0.123. The van der Waals surface area contributed by atoms with Crippen LogP contribution in [0.2, 0.25) is 5.02 Å². The van der Waals surface area contributed by atoms with Gasteiger partial charge in [-0.25, -0.2) is 4.39 Å². The van der Waals surface area contributed by atoms with E-state index in [1.807, 2.05) is 0 Å². The number of benzene rings is 1. The predicted molar refractivity (Wildman–Crippen MR) is 73.2 cm³/mol. The quantitative estimate of drug-likeness (QED) is 0.750. The lowest BCUT2D eigenvalue weighted by Gasteiger charge is -2.08. The molecule has 1 rings (SSSR count). The molecule has 0 fully saturated rings. The van der Waals surface area contributed by atoms with Crippen LogP contribution >= 0.6 is 11.6 Å². The molecule has 1 aromatic rings. The Bertz CT molecular complexity index is 483. The lowest BCUT2D eigenvalue weighted by Crippen LogP contribution is -2.32. The Labute approximate surface area is 121 Å². The SMILES string of the molecule is CC(=O)NCCCNC(=O)COc1ccc(Cl)c(F)c1. The first-order chi connectivity index (χ1) is 9.49. The van der Waals surface area contributed by atoms with Crippen LogP contribution in [0, 0.1) is 5.82 Å². The molecule has 0 atom stereocenters. The fourth-order valence-electron chi connectivity index (χ4n) is 1.35. The molecule has 0 unspecified atom stereocenters. The second kappa shape index (κ2) is 8.37. The highest BCUT2D eigenvalue weighted by Gasteiger charge is 2.05. The molecule has 0 radical (unpaired) electrons. The highest BCUT2D eigenvalue weighted by molar-refractivity contribution is 6.30. The van der Waals surface area contributed by atoms with Crippen LogP contribution in [0.4, 0.5) is 4.39 Å². The van der Waals surface area contributed by atoms with E-state index in [-0.39, 0.29) is 29.2 Å². The fourth-order valence-corrected chi connectivity index (χ4v) is 1.46. The van der Waals surface area contributed by atoms with E-state index in [0.717, 1.165) is 6.07 Å². The number of amides is 2. The summed E-state index contributed by atoms with van der Waals surface area (Å²) in [4.78, 5) is 22.0. The molecule has 0 heterocycles. The van der Waals surface area contributed by atoms with Gasteiger partial charge in [0, 0.05) is 26.1 Å². The molecule has 2 N–H and O–H groups in total. The molecule has 0 saturated heterocycles. The van der Waals surface area contributed by atoms with Crippen molar-refractivity contribution in [1.29, 1.82) is 0 Å². The van der Waals surface area contributed by atoms with Crippen molar-refractivity contribution in [2.24, 2.45) is 0 Å². The minimum absolute atomic E-state index is 0.000210. The van der Waals surface area contributed by atoms with Crippen molar-refractivity contribution in [3.8, 4) is 5.75 Å². The van der Waals surface area contributed by atoms with Crippen molar-refractivity contribution in [3.63, 3.8) is 0 Å². The third kappa shape index (κ3) is 6.38. The number of carbonyl (C=O) groups excluding carboxylic acids is 2. The minimum Gasteiger partial charge on any atom is -0.484 e. The summed E-state index contributed by atoms with van der Waals surface area (Å²) in [6.45, 7) is 2.15. The van der Waals surface area contributed by atoms with Gasteiger partial charge in [0.25, 0.3) is 5.91 Å². The van der Waals surface area contributed by atoms with E-state index in [2.05, 4.69) is 10.6 Å². The molecule has 0 bridgehead atoms. The van der Waals surface area contributed by atoms with Crippen LogP contribution in [-0.4, -0.2) is 31.5 Å². The molecule has 0 aromatic heterocycles. The summed E-state index contributed by atoms with van der Waals surface area (Å²) in [5, 5.41) is 5.23. The van der Waals surface area contributed by atoms with Gasteiger partial charge in [-0.3, -0.25) is 9.59 Å². The van der Waals surface area contributed by atoms with Crippen molar-refractivity contribution in [2.75, 3.05) is 19.7 Å². The summed E-state index contributed by atoms with van der Waals surface area (Å²) in [6.07, 6.45) is 0.626. The molecule has 5 nitrogen and oxygen atoms in total. The molecule has 0 aliphatic rings. The van der Waals surface area contributed by atoms with Gasteiger partial charge in [0.15, 0.2) is 6.61 Å². The van der Waals surface area contributed by atoms with Crippen molar-refractivity contribution in [1.82, 2.24) is 10.6 Å². The van der Waals surface area contributed by atoms with Crippen LogP contribution in [0.3, 0.4) is 0 Å². The van der Waals surface area contributed by atoms with E-state index in [1.54, 1.807) is 0 Å². The van der Waals surface area contributed by atoms with Crippen LogP contribution in [-0.2, 0) is 9.59 Å². The topological polar surface area (TPSA) is 67.4 Å². The Morgan fingerprint density at radius 1 is 1.30 bits per heavy atom. The smallest absolute Gasteiger partial charge is 0.257 e. The Balaban J connectivity index is 2.19. The van der Waals surface area contributed by atoms with E-state index in [9.17, 15) is 14.0 Å². The molecular weight excluding hydrogens is 287 g/mol. The maximum Gasteiger partial charge on any atom is 0.257 e. The molecule has 2 amide bonds. The average Bonchev–Trinajstić information content (AvgIpc) is 2.39. The molecule has 110 valence electrons. The Kier molecular flexibility index (Phi) is 6.79. The Morgan fingerprint density at radius 2 is 2.00 bits per heavy atom. The summed E-state index contributed by atoms with van der Waals surface area (Å²) in [6, 6.07) is 3.96. The van der Waals surface area contributed by atoms with E-state index in [0.29, 0.717) is 19.5 Å². The highest BCUT2D eigenvalue weighted by Crippen LogP contribution is 2.20. The number of halogens is 2. The van der Waals surface area contributed by atoms with Crippen LogP contribution in [0.5, 0.6) is 5.75 Å². The molecule has 0 aliphatic heterocycles. The first kappa shape index (κ1) is 16.2. The zero-order chi connectivity index (χ0) is 15.0. The van der Waals surface area contributed by atoms with E-state index < -0.39 is 5.82 Å². The second-order valence-electron chi connectivity index (χ2n) is 4.05. The van der Waals surface area contributed by atoms with Gasteiger partial charge < -0.3 is 15.4 Å². The van der Waals surface area contributed by atoms with Gasteiger partial charge in [-0.2, -0.15) is 0 Å². The van der Waals surface area contributed by atoms with Crippen LogP contribution < -0.4 is 15.4 Å². The zero-order valence-corrected chi connectivity index (χ0v) is 11.8. The van der Waals surface area contributed by atoms with Crippen LogP contribution in [0.1, 0.15) is 13.3 Å². The first-order valence-corrected chi connectivity index (χ1v) is 6.46. The normalized spacial score (nSPS) is 9.95. The third-order valence-corrected chi connectivity index (χ3v) is 2.62. The highest BCUT2D eigenvalue weighted by atomic mass is 35.5. The summed E-state index contributed by atoms with van der Waals surface area (Å²) in [7, 11) is 0. The predicted octanol–water partition coefficient (Wildman–Crippen LogP) is 1.50. The van der Waals surface area contributed by atoms with Crippen LogP contribution in [0.15, 0.2) is 18.2 Å². The van der Waals surface area contributed by atoms with Gasteiger partial charge in [0.1, 0.15) is 11.6 Å². The van der Waals surface area contributed by atoms with Gasteiger partial charge >= 0.3 is 0 Å². The Morgan fingerprint density at radius 3 is 2.65 bits per heavy atom. The lowest BCUT2D eigenvalue weighted by atomic mass is 10.3. The number of ether oxygens (including phenoxy) is 1. The molecule has 20 heavy (non-hydrogen) atoms. The molecule has 0 saturated carbocycles. The largest absolute Gasteiger partial charge is 0.484 e. The van der Waals surface area contributed by atoms with Gasteiger partial charge in [-0.05, 0) is 18.6 Å². The molecule has 7 heteroatoms. The Hall–Kier alpha value is -1.82. The zero-order valence-electron chi connectivity index (χ0n) is 11.0. The molecule has 0 spiro atoms. The number of hydrogen-bond acceptors (Lipinski definition) is 3. The van der Waals surface area contributed by atoms with Crippen molar-refractivity contribution < 1.29 is 18.7 Å². The van der Waals surface area contributed by atoms with Gasteiger partial charge in [-0.15, -0.1) is 0 Å². The molecular formula is C13H16ClFN2O3. The third-order valence-electron chi connectivity index (χ3n) is 2.31. The van der Waals surface area contributed by atoms with Gasteiger partial charge in [0.05, 0.1) is 5.02 Å². The van der Waals surface area contributed by atoms with Gasteiger partial charge in [-0.1, -0.05) is 11.6 Å². The second-order valence-corrected chi connectivity index (χ2v) is 4.46. The average molecular weight is 303 g/mol. The maximum absolute atomic E-state index is 13.1. The van der Waals surface area contributed by atoms with Crippen molar-refractivity contribution >= 4 is 23.4 Å². The number of hydrogen-bond donors (Lipinski definition) is 2. The van der Waals surface area contributed by atoms with Gasteiger partial charge in [0.2, 0.25) is 5.91 Å². The fraction of sp³-hybridized carbons (Fsp3) is 0.385. The summed E-state index contributed by atoms with van der Waals surface area (Å²) in [5.74, 6) is -0.784. The summed E-state index contributed by atoms with van der Waals surface area (Å²) >= 11 is 5.52. The van der Waals surface area contributed by atoms with E-state index in [1.165, 1.54) is 19.1 Å². The molecule has 1 aromatic carbocycles. The van der Waals surface area contributed by atoms with E-state index >= 15 is 0 Å². The number of carbonyl (C=O) groups is 2. The van der Waals surface area contributed by atoms with E-state index in [4.69, 9.17) is 16.3 Å². The monoisotopic (exact) mass is 302 g/mol. The van der Waals surface area contributed by atoms with Crippen LogP contribution in [0.25, 0.3) is 0 Å². The first-order valence-electron chi connectivity index (χ1n) is 6.08. The standard InChI is InChI=1S/C13H16ClFN2O3/c1-9(18)16-5-2-6-17-13(19)8-20-10-3-4-11(14)12(15)7-10/h3-4,7H,2,5-6,8H2,1H3,(H,16,18)(H,17,19). The maximum atomic E-state index is 13.1. The number of nitrogens with one attached hydrogen (secondary N) is 2. The number of rotatable bonds is 7. The molecule has 0 aliphatic carbocycles. The van der Waals surface area contributed by atoms with Crippen molar-refractivity contribution in [2.45, 2.75) is 13.3 Å².